The molecule has 0 aliphatic carbocycles. The molecule has 1 atom stereocenters. The quantitative estimate of drug-likeness (QED) is 0.822. The smallest absolute Gasteiger partial charge is 0.244 e. The van der Waals surface area contributed by atoms with Gasteiger partial charge in [-0.2, -0.15) is 0 Å². The number of carbonyl (C=O) groups is 1. The first-order valence-electron chi connectivity index (χ1n) is 6.35. The predicted molar refractivity (Wildman–Crippen MR) is 86.1 cm³/mol. The van der Waals surface area contributed by atoms with E-state index in [1.165, 1.54) is 4.88 Å². The van der Waals surface area contributed by atoms with Crippen LogP contribution < -0.4 is 5.32 Å². The Morgan fingerprint density at radius 2 is 2.15 bits per heavy atom. The van der Waals surface area contributed by atoms with Gasteiger partial charge in [-0.25, -0.2) is 0 Å². The van der Waals surface area contributed by atoms with Crippen LogP contribution in [-0.2, 0) is 4.79 Å². The van der Waals surface area contributed by atoms with Crippen LogP contribution >= 0.6 is 22.9 Å². The summed E-state index contributed by atoms with van der Waals surface area (Å²) in [5, 5.41) is 3.59. The molecule has 20 heavy (non-hydrogen) atoms. The number of thiophene rings is 1. The molecule has 0 saturated heterocycles. The van der Waals surface area contributed by atoms with Crippen LogP contribution in [0.1, 0.15) is 28.3 Å². The fourth-order valence-corrected chi connectivity index (χ4v) is 2.80. The summed E-state index contributed by atoms with van der Waals surface area (Å²) >= 11 is 7.61. The third-order valence-electron chi connectivity index (χ3n) is 2.87. The molecule has 0 unspecified atom stereocenters. The largest absolute Gasteiger partial charge is 0.346 e. The molecule has 0 aliphatic heterocycles. The second-order valence-corrected chi connectivity index (χ2v) is 6.32. The van der Waals surface area contributed by atoms with Crippen molar-refractivity contribution in [1.82, 2.24) is 5.32 Å². The lowest BCUT2D eigenvalue weighted by molar-refractivity contribution is -0.117. The molecule has 0 radical (unpaired) electrons. The monoisotopic (exact) mass is 305 g/mol. The zero-order chi connectivity index (χ0) is 14.5. The molecular weight excluding hydrogens is 290 g/mol. The number of rotatable bonds is 4. The molecule has 1 aromatic heterocycles. The lowest BCUT2D eigenvalue weighted by Crippen LogP contribution is -2.24. The Hall–Kier alpha value is -1.58. The van der Waals surface area contributed by atoms with Crippen LogP contribution in [0.25, 0.3) is 6.08 Å². The van der Waals surface area contributed by atoms with Crippen LogP contribution in [0.3, 0.4) is 0 Å². The van der Waals surface area contributed by atoms with Crippen molar-refractivity contribution in [3.63, 3.8) is 0 Å². The number of hydrogen-bond acceptors (Lipinski definition) is 2. The molecular formula is C16H16ClNOS. The lowest BCUT2D eigenvalue weighted by atomic mass is 10.1. The van der Waals surface area contributed by atoms with Crippen molar-refractivity contribution in [1.29, 1.82) is 0 Å². The van der Waals surface area contributed by atoms with Gasteiger partial charge in [0.1, 0.15) is 0 Å². The van der Waals surface area contributed by atoms with E-state index < -0.39 is 0 Å². The van der Waals surface area contributed by atoms with Crippen molar-refractivity contribution in [2.24, 2.45) is 0 Å². The Morgan fingerprint density at radius 1 is 1.35 bits per heavy atom. The van der Waals surface area contributed by atoms with E-state index in [1.54, 1.807) is 17.4 Å². The third kappa shape index (κ3) is 4.22. The van der Waals surface area contributed by atoms with Gasteiger partial charge in [-0.05, 0) is 49.8 Å². The predicted octanol–water partition coefficient (Wildman–Crippen LogP) is 4.60. The highest BCUT2D eigenvalue weighted by molar-refractivity contribution is 7.12. The van der Waals surface area contributed by atoms with Crippen molar-refractivity contribution >= 4 is 34.9 Å². The highest BCUT2D eigenvalue weighted by Gasteiger charge is 2.07. The second kappa shape index (κ2) is 6.73. The fraction of sp³-hybridized carbons (Fsp3) is 0.188. The molecule has 0 bridgehead atoms. The Balaban J connectivity index is 1.96. The summed E-state index contributed by atoms with van der Waals surface area (Å²) in [6.45, 7) is 3.98. The Labute approximate surface area is 128 Å². The Morgan fingerprint density at radius 3 is 2.80 bits per heavy atom. The minimum Gasteiger partial charge on any atom is -0.346 e. The van der Waals surface area contributed by atoms with Gasteiger partial charge in [0.2, 0.25) is 5.91 Å². The van der Waals surface area contributed by atoms with E-state index in [1.807, 2.05) is 56.3 Å². The molecule has 0 aliphatic rings. The zero-order valence-corrected chi connectivity index (χ0v) is 13.0. The number of benzene rings is 1. The average molecular weight is 306 g/mol. The minimum atomic E-state index is -0.108. The fourth-order valence-electron chi connectivity index (χ4n) is 1.82. The van der Waals surface area contributed by atoms with Crippen molar-refractivity contribution in [3.8, 4) is 0 Å². The number of carbonyl (C=O) groups excluding carboxylic acids is 1. The van der Waals surface area contributed by atoms with Gasteiger partial charge < -0.3 is 5.32 Å². The maximum Gasteiger partial charge on any atom is 0.244 e. The molecule has 0 spiro atoms. The number of nitrogens with one attached hydrogen (secondary N) is 1. The molecule has 104 valence electrons. The summed E-state index contributed by atoms with van der Waals surface area (Å²) in [6.07, 6.45) is 3.39. The van der Waals surface area contributed by atoms with Gasteiger partial charge >= 0.3 is 0 Å². The molecule has 0 saturated carbocycles. The summed E-state index contributed by atoms with van der Waals surface area (Å²) in [7, 11) is 0. The molecule has 0 fully saturated rings. The van der Waals surface area contributed by atoms with Gasteiger partial charge in [0.25, 0.3) is 0 Å². The van der Waals surface area contributed by atoms with Crippen molar-refractivity contribution in [3.05, 3.63) is 62.8 Å². The van der Waals surface area contributed by atoms with E-state index in [4.69, 9.17) is 11.6 Å². The number of hydrogen-bond donors (Lipinski definition) is 1. The van der Waals surface area contributed by atoms with E-state index in [-0.39, 0.29) is 11.9 Å². The van der Waals surface area contributed by atoms with Crippen LogP contribution in [0.4, 0.5) is 0 Å². The zero-order valence-electron chi connectivity index (χ0n) is 11.4. The van der Waals surface area contributed by atoms with Crippen molar-refractivity contribution in [2.75, 3.05) is 0 Å². The molecule has 4 heteroatoms. The number of aryl methyl sites for hydroxylation is 1. The first kappa shape index (κ1) is 14.8. The topological polar surface area (TPSA) is 29.1 Å². The molecule has 2 rings (SSSR count). The van der Waals surface area contributed by atoms with E-state index in [9.17, 15) is 4.79 Å². The first-order valence-corrected chi connectivity index (χ1v) is 7.54. The highest BCUT2D eigenvalue weighted by atomic mass is 35.5. The summed E-state index contributed by atoms with van der Waals surface area (Å²) in [5.41, 5.74) is 0.992. The van der Waals surface area contributed by atoms with Gasteiger partial charge in [0, 0.05) is 20.9 Å². The van der Waals surface area contributed by atoms with Gasteiger partial charge in [-0.15, -0.1) is 11.3 Å². The molecule has 1 N–H and O–H groups in total. The van der Waals surface area contributed by atoms with E-state index in [0.717, 1.165) is 10.4 Å². The lowest BCUT2D eigenvalue weighted by Gasteiger charge is -2.13. The van der Waals surface area contributed by atoms with Gasteiger partial charge in [-0.3, -0.25) is 4.79 Å². The van der Waals surface area contributed by atoms with E-state index in [0.29, 0.717) is 5.02 Å². The minimum absolute atomic E-state index is 0.0732. The van der Waals surface area contributed by atoms with Gasteiger partial charge in [0.05, 0.1) is 6.04 Å². The number of halogens is 1. The molecule has 1 aromatic carbocycles. The summed E-state index contributed by atoms with van der Waals surface area (Å²) in [6, 6.07) is 11.5. The van der Waals surface area contributed by atoms with Crippen LogP contribution in [0.15, 0.2) is 42.5 Å². The Bertz CT molecular complexity index is 633. The van der Waals surface area contributed by atoms with Crippen LogP contribution in [-0.4, -0.2) is 5.91 Å². The van der Waals surface area contributed by atoms with E-state index >= 15 is 0 Å². The molecule has 2 nitrogen and oxygen atoms in total. The first-order chi connectivity index (χ1) is 9.54. The summed E-state index contributed by atoms with van der Waals surface area (Å²) < 4.78 is 0. The summed E-state index contributed by atoms with van der Waals surface area (Å²) in [4.78, 5) is 14.2. The maximum absolute atomic E-state index is 11.9. The van der Waals surface area contributed by atoms with E-state index in [2.05, 4.69) is 5.32 Å². The molecule has 1 amide bonds. The number of amides is 1. The SMILES string of the molecule is Cc1ccc(/C=C/C(=O)N[C@@H](C)c2cccc(Cl)c2)s1. The van der Waals surface area contributed by atoms with Gasteiger partial charge in [0.15, 0.2) is 0 Å². The van der Waals surface area contributed by atoms with Crippen LogP contribution in [0.5, 0.6) is 0 Å². The third-order valence-corrected chi connectivity index (χ3v) is 4.07. The van der Waals surface area contributed by atoms with Gasteiger partial charge in [-0.1, -0.05) is 23.7 Å². The average Bonchev–Trinajstić information content (AvgIpc) is 2.82. The van der Waals surface area contributed by atoms with Crippen LogP contribution in [0.2, 0.25) is 5.02 Å². The maximum atomic E-state index is 11.9. The second-order valence-electron chi connectivity index (χ2n) is 4.57. The highest BCUT2D eigenvalue weighted by Crippen LogP contribution is 2.18. The normalized spacial score (nSPS) is 12.6. The molecule has 2 aromatic rings. The Kier molecular flexibility index (Phi) is 4.99. The van der Waals surface area contributed by atoms with Crippen molar-refractivity contribution < 1.29 is 4.79 Å². The summed E-state index contributed by atoms with van der Waals surface area (Å²) in [5.74, 6) is -0.108. The standard InChI is InChI=1S/C16H16ClNOS/c1-11-6-7-15(20-11)8-9-16(19)18-12(2)13-4-3-5-14(17)10-13/h3-10,12H,1-2H3,(H,18,19)/b9-8+/t12-/m0/s1. The molecule has 1 heterocycles. The van der Waals surface area contributed by atoms with Crippen molar-refractivity contribution in [2.45, 2.75) is 19.9 Å². The van der Waals surface area contributed by atoms with Crippen LogP contribution in [0, 0.1) is 6.92 Å².